The van der Waals surface area contributed by atoms with E-state index in [9.17, 15) is 14.3 Å². The molecule has 0 fully saturated rings. The quantitative estimate of drug-likeness (QED) is 0.918. The first-order valence-corrected chi connectivity index (χ1v) is 5.96. The number of carboxylic acids is 1. The number of hydrogen-bond donors (Lipinski definition) is 1. The molecule has 2 aromatic rings. The van der Waals surface area contributed by atoms with Crippen molar-refractivity contribution in [2.24, 2.45) is 0 Å². The fourth-order valence-electron chi connectivity index (χ4n) is 1.90. The molecule has 1 unspecified atom stereocenters. The molecule has 1 heterocycles. The van der Waals surface area contributed by atoms with E-state index in [0.717, 1.165) is 5.56 Å². The zero-order valence-electron chi connectivity index (χ0n) is 10.5. The average molecular weight is 259 g/mol. The van der Waals surface area contributed by atoms with Crippen LogP contribution in [0.3, 0.4) is 0 Å². The van der Waals surface area contributed by atoms with Gasteiger partial charge in [0.05, 0.1) is 5.69 Å². The molecule has 0 saturated carbocycles. The molecular formula is C15H14FNO2. The minimum atomic E-state index is -0.958. The first-order valence-electron chi connectivity index (χ1n) is 5.96. The molecule has 1 N–H and O–H groups in total. The normalized spacial score (nSPS) is 12.1. The molecule has 0 saturated heterocycles. The summed E-state index contributed by atoms with van der Waals surface area (Å²) in [6.07, 6.45) is 1.86. The van der Waals surface area contributed by atoms with Gasteiger partial charge in [-0.05, 0) is 42.7 Å². The van der Waals surface area contributed by atoms with Crippen molar-refractivity contribution in [1.82, 2.24) is 4.98 Å². The standard InChI is InChI=1S/C15H14FNO2/c1-10-5-6-14(17-9-10)13(15(18)19)8-11-3-2-4-12(16)7-11/h2-7,9,13H,8H2,1H3,(H,18,19). The third-order valence-corrected chi connectivity index (χ3v) is 2.92. The number of aliphatic carboxylic acids is 1. The molecular weight excluding hydrogens is 245 g/mol. The van der Waals surface area contributed by atoms with Gasteiger partial charge in [0, 0.05) is 6.20 Å². The number of aryl methyl sites for hydroxylation is 1. The van der Waals surface area contributed by atoms with Crippen molar-refractivity contribution in [3.05, 3.63) is 65.2 Å². The lowest BCUT2D eigenvalue weighted by molar-refractivity contribution is -0.138. The summed E-state index contributed by atoms with van der Waals surface area (Å²) < 4.78 is 13.1. The SMILES string of the molecule is Cc1ccc(C(Cc2cccc(F)c2)C(=O)O)nc1. The van der Waals surface area contributed by atoms with Crippen molar-refractivity contribution in [2.45, 2.75) is 19.3 Å². The summed E-state index contributed by atoms with van der Waals surface area (Å²) in [6, 6.07) is 9.50. The van der Waals surface area contributed by atoms with Gasteiger partial charge in [-0.3, -0.25) is 9.78 Å². The summed E-state index contributed by atoms with van der Waals surface area (Å²) in [7, 11) is 0. The van der Waals surface area contributed by atoms with E-state index < -0.39 is 11.9 Å². The van der Waals surface area contributed by atoms with Gasteiger partial charge in [0.25, 0.3) is 0 Å². The highest BCUT2D eigenvalue weighted by molar-refractivity contribution is 5.75. The lowest BCUT2D eigenvalue weighted by Gasteiger charge is -2.12. The van der Waals surface area contributed by atoms with Crippen molar-refractivity contribution in [3.63, 3.8) is 0 Å². The molecule has 0 aliphatic carbocycles. The molecule has 0 radical (unpaired) electrons. The van der Waals surface area contributed by atoms with Crippen LogP contribution in [0, 0.1) is 12.7 Å². The lowest BCUT2D eigenvalue weighted by Crippen LogP contribution is -2.16. The molecule has 2 rings (SSSR count). The minimum absolute atomic E-state index is 0.225. The highest BCUT2D eigenvalue weighted by Crippen LogP contribution is 2.20. The third-order valence-electron chi connectivity index (χ3n) is 2.92. The first-order chi connectivity index (χ1) is 9.06. The van der Waals surface area contributed by atoms with Gasteiger partial charge >= 0.3 is 5.97 Å². The molecule has 0 spiro atoms. The number of pyridine rings is 1. The Hall–Kier alpha value is -2.23. The number of nitrogens with zero attached hydrogens (tertiary/aromatic N) is 1. The summed E-state index contributed by atoms with van der Waals surface area (Å²) in [5.41, 5.74) is 2.11. The number of hydrogen-bond acceptors (Lipinski definition) is 2. The number of carboxylic acid groups (broad SMARTS) is 1. The van der Waals surface area contributed by atoms with Crippen LogP contribution in [0.1, 0.15) is 22.7 Å². The molecule has 0 aliphatic heterocycles. The van der Waals surface area contributed by atoms with Crippen LogP contribution in [0.25, 0.3) is 0 Å². The van der Waals surface area contributed by atoms with Crippen molar-refractivity contribution in [3.8, 4) is 0 Å². The van der Waals surface area contributed by atoms with E-state index in [4.69, 9.17) is 0 Å². The zero-order valence-corrected chi connectivity index (χ0v) is 10.5. The second kappa shape index (κ2) is 5.61. The largest absolute Gasteiger partial charge is 0.481 e. The van der Waals surface area contributed by atoms with E-state index in [1.54, 1.807) is 24.4 Å². The topological polar surface area (TPSA) is 50.2 Å². The molecule has 98 valence electrons. The molecule has 0 bridgehead atoms. The smallest absolute Gasteiger partial charge is 0.312 e. The molecule has 1 aromatic carbocycles. The zero-order chi connectivity index (χ0) is 13.8. The molecule has 4 heteroatoms. The number of carbonyl (C=O) groups is 1. The number of rotatable bonds is 4. The van der Waals surface area contributed by atoms with Crippen LogP contribution < -0.4 is 0 Å². The van der Waals surface area contributed by atoms with Gasteiger partial charge in [0.2, 0.25) is 0 Å². The van der Waals surface area contributed by atoms with Crippen LogP contribution in [-0.4, -0.2) is 16.1 Å². The maximum atomic E-state index is 13.1. The molecule has 19 heavy (non-hydrogen) atoms. The van der Waals surface area contributed by atoms with E-state index in [1.165, 1.54) is 12.1 Å². The Morgan fingerprint density at radius 1 is 1.37 bits per heavy atom. The van der Waals surface area contributed by atoms with Gasteiger partial charge in [-0.1, -0.05) is 18.2 Å². The van der Waals surface area contributed by atoms with Crippen molar-refractivity contribution in [1.29, 1.82) is 0 Å². The van der Waals surface area contributed by atoms with Crippen LogP contribution >= 0.6 is 0 Å². The van der Waals surface area contributed by atoms with Crippen LogP contribution in [0.15, 0.2) is 42.6 Å². The van der Waals surface area contributed by atoms with E-state index in [1.807, 2.05) is 13.0 Å². The fraction of sp³-hybridized carbons (Fsp3) is 0.200. The van der Waals surface area contributed by atoms with E-state index in [0.29, 0.717) is 11.3 Å². The Balaban J connectivity index is 2.26. The van der Waals surface area contributed by atoms with Gasteiger partial charge in [0.15, 0.2) is 0 Å². The van der Waals surface area contributed by atoms with Gasteiger partial charge in [0.1, 0.15) is 11.7 Å². The monoisotopic (exact) mass is 259 g/mol. The highest BCUT2D eigenvalue weighted by atomic mass is 19.1. The Labute approximate surface area is 110 Å². The van der Waals surface area contributed by atoms with Crippen LogP contribution in [-0.2, 0) is 11.2 Å². The van der Waals surface area contributed by atoms with Gasteiger partial charge in [-0.15, -0.1) is 0 Å². The molecule has 0 amide bonds. The van der Waals surface area contributed by atoms with E-state index in [2.05, 4.69) is 4.98 Å². The van der Waals surface area contributed by atoms with Gasteiger partial charge in [-0.2, -0.15) is 0 Å². The van der Waals surface area contributed by atoms with E-state index >= 15 is 0 Å². The second-order valence-electron chi connectivity index (χ2n) is 4.49. The Kier molecular flexibility index (Phi) is 3.90. The van der Waals surface area contributed by atoms with E-state index in [-0.39, 0.29) is 12.2 Å². The number of halogens is 1. The minimum Gasteiger partial charge on any atom is -0.481 e. The summed E-state index contributed by atoms with van der Waals surface area (Å²) in [6.45, 7) is 1.89. The van der Waals surface area contributed by atoms with Gasteiger partial charge in [-0.25, -0.2) is 4.39 Å². The maximum Gasteiger partial charge on any atom is 0.312 e. The highest BCUT2D eigenvalue weighted by Gasteiger charge is 2.21. The Bertz CT molecular complexity index is 581. The summed E-state index contributed by atoms with van der Waals surface area (Å²) >= 11 is 0. The first kappa shape index (κ1) is 13.2. The van der Waals surface area contributed by atoms with Gasteiger partial charge < -0.3 is 5.11 Å². The second-order valence-corrected chi connectivity index (χ2v) is 4.49. The molecule has 3 nitrogen and oxygen atoms in total. The van der Waals surface area contributed by atoms with Crippen molar-refractivity contribution >= 4 is 5.97 Å². The fourth-order valence-corrected chi connectivity index (χ4v) is 1.90. The summed E-state index contributed by atoms with van der Waals surface area (Å²) in [5, 5.41) is 9.29. The Morgan fingerprint density at radius 2 is 2.16 bits per heavy atom. The summed E-state index contributed by atoms with van der Waals surface area (Å²) in [5.74, 6) is -2.08. The van der Waals surface area contributed by atoms with Crippen LogP contribution in [0.2, 0.25) is 0 Å². The predicted molar refractivity (Wildman–Crippen MR) is 69.5 cm³/mol. The van der Waals surface area contributed by atoms with Crippen molar-refractivity contribution in [2.75, 3.05) is 0 Å². The maximum absolute atomic E-state index is 13.1. The molecule has 1 aromatic heterocycles. The Morgan fingerprint density at radius 3 is 2.74 bits per heavy atom. The van der Waals surface area contributed by atoms with Crippen LogP contribution in [0.4, 0.5) is 4.39 Å². The van der Waals surface area contributed by atoms with Crippen molar-refractivity contribution < 1.29 is 14.3 Å². The molecule has 0 aliphatic rings. The number of benzene rings is 1. The summed E-state index contributed by atoms with van der Waals surface area (Å²) in [4.78, 5) is 15.5. The van der Waals surface area contributed by atoms with Crippen LogP contribution in [0.5, 0.6) is 0 Å². The predicted octanol–water partition coefficient (Wildman–Crippen LogP) is 2.94. The third kappa shape index (κ3) is 3.37. The molecule has 1 atom stereocenters. The lowest BCUT2D eigenvalue weighted by atomic mass is 9.95. The average Bonchev–Trinajstić information content (AvgIpc) is 2.37. The number of aromatic nitrogens is 1.